The second-order valence-electron chi connectivity index (χ2n) is 11.6. The molecule has 1 aromatic rings. The molecule has 0 fully saturated rings. The van der Waals surface area contributed by atoms with Crippen molar-refractivity contribution in [3.05, 3.63) is 47.5 Å². The zero-order valence-electron chi connectivity index (χ0n) is 23.6. The summed E-state index contributed by atoms with van der Waals surface area (Å²) in [5.41, 5.74) is -0.503. The number of hydrogen-bond donors (Lipinski definition) is 1. The van der Waals surface area contributed by atoms with Crippen LogP contribution in [0.1, 0.15) is 74.3 Å². The summed E-state index contributed by atoms with van der Waals surface area (Å²) in [4.78, 5) is 39.4. The molecule has 0 aliphatic heterocycles. The van der Waals surface area contributed by atoms with E-state index in [0.717, 1.165) is 5.56 Å². The predicted molar refractivity (Wildman–Crippen MR) is 140 cm³/mol. The molecule has 0 saturated heterocycles. The molecule has 1 aromatic carbocycles. The van der Waals surface area contributed by atoms with Gasteiger partial charge in [-0.05, 0) is 65.9 Å². The number of ether oxygens (including phenoxy) is 3. The summed E-state index contributed by atoms with van der Waals surface area (Å²) in [5.74, 6) is -0.542. The summed E-state index contributed by atoms with van der Waals surface area (Å²) in [7, 11) is 1.30. The average Bonchev–Trinajstić information content (AvgIpc) is 2.72. The molecule has 0 bridgehead atoms. The predicted octanol–water partition coefficient (Wildman–Crippen LogP) is 5.85. The highest BCUT2D eigenvalue weighted by atomic mass is 16.6. The molecule has 1 N–H and O–H groups in total. The molecule has 0 aliphatic carbocycles. The van der Waals surface area contributed by atoms with Gasteiger partial charge in [-0.15, -0.1) is 0 Å². The lowest BCUT2D eigenvalue weighted by atomic mass is 9.85. The quantitative estimate of drug-likeness (QED) is 0.257. The Morgan fingerprint density at radius 1 is 0.944 bits per heavy atom. The number of nitrogens with zero attached hydrogens (tertiary/aromatic N) is 1. The summed E-state index contributed by atoms with van der Waals surface area (Å²) < 4.78 is 15.9. The molecule has 0 aliphatic rings. The van der Waals surface area contributed by atoms with Crippen LogP contribution in [0.2, 0.25) is 0 Å². The first-order chi connectivity index (χ1) is 16.4. The third-order valence-corrected chi connectivity index (χ3v) is 5.06. The van der Waals surface area contributed by atoms with E-state index in [1.165, 1.54) is 7.11 Å². The van der Waals surface area contributed by atoms with Crippen LogP contribution in [0.4, 0.5) is 9.59 Å². The Balaban J connectivity index is 3.08. The Hall–Kier alpha value is -3.03. The number of nitrogens with one attached hydrogen (secondary N) is 1. The molecule has 0 unspecified atom stereocenters. The van der Waals surface area contributed by atoms with E-state index in [9.17, 15) is 14.4 Å². The number of benzene rings is 1. The zero-order chi connectivity index (χ0) is 27.7. The number of allylic oxidation sites excluding steroid dienone is 1. The van der Waals surface area contributed by atoms with Gasteiger partial charge < -0.3 is 24.4 Å². The van der Waals surface area contributed by atoms with Gasteiger partial charge in [-0.25, -0.2) is 14.4 Å². The van der Waals surface area contributed by atoms with Crippen molar-refractivity contribution in [1.29, 1.82) is 0 Å². The van der Waals surface area contributed by atoms with Crippen LogP contribution in [-0.2, 0) is 25.5 Å². The number of rotatable bonds is 9. The van der Waals surface area contributed by atoms with Gasteiger partial charge in [0.15, 0.2) is 0 Å². The van der Waals surface area contributed by atoms with Crippen LogP contribution in [0.3, 0.4) is 0 Å². The van der Waals surface area contributed by atoms with Crippen LogP contribution in [0.5, 0.6) is 0 Å². The summed E-state index contributed by atoms with van der Waals surface area (Å²) in [6.45, 7) is 17.2. The molecule has 0 aromatic heterocycles. The maximum absolute atomic E-state index is 13.0. The summed E-state index contributed by atoms with van der Waals surface area (Å²) in [6, 6.07) is 9.06. The second kappa shape index (κ2) is 12.8. The van der Waals surface area contributed by atoms with Crippen LogP contribution in [0.15, 0.2) is 42.0 Å². The lowest BCUT2D eigenvalue weighted by molar-refractivity contribution is -0.136. The molecule has 1 atom stereocenters. The highest BCUT2D eigenvalue weighted by Crippen LogP contribution is 2.27. The maximum Gasteiger partial charge on any atom is 0.410 e. The standard InChI is InChI=1S/C28H44N2O6/c1-20(29-24(32)35-26(2,3)4)22(23(31)34-10)18-28(8,9)16-17-30(25(33)36-27(5,6)7)19-21-14-12-11-13-15-21/h11-15,18,20H,16-17,19H2,1-10H3,(H,29,32)/b22-18-/t20-/m1/s1. The van der Waals surface area contributed by atoms with Gasteiger partial charge in [0.2, 0.25) is 0 Å². The SMILES string of the molecule is COC(=O)/C(=C\C(C)(C)CCN(Cc1ccccc1)C(=O)OC(C)(C)C)[C@@H](C)NC(=O)OC(C)(C)C. The largest absolute Gasteiger partial charge is 0.466 e. The van der Waals surface area contributed by atoms with E-state index in [0.29, 0.717) is 25.1 Å². The normalized spacial score (nSPS) is 13.4. The van der Waals surface area contributed by atoms with E-state index in [4.69, 9.17) is 14.2 Å². The van der Waals surface area contributed by atoms with Crippen molar-refractivity contribution in [2.24, 2.45) is 5.41 Å². The number of esters is 1. The molecular formula is C28H44N2O6. The van der Waals surface area contributed by atoms with Crippen LogP contribution in [0.25, 0.3) is 0 Å². The van der Waals surface area contributed by atoms with Crippen LogP contribution in [-0.4, -0.2) is 54.0 Å². The van der Waals surface area contributed by atoms with Crippen molar-refractivity contribution in [2.45, 2.75) is 92.5 Å². The first kappa shape index (κ1) is 31.0. The number of carbonyl (C=O) groups excluding carboxylic acids is 3. The number of amides is 2. The molecule has 0 saturated carbocycles. The van der Waals surface area contributed by atoms with E-state index in [1.807, 2.05) is 65.0 Å². The summed E-state index contributed by atoms with van der Waals surface area (Å²) >= 11 is 0. The topological polar surface area (TPSA) is 94.2 Å². The van der Waals surface area contributed by atoms with Gasteiger partial charge in [0.05, 0.1) is 18.7 Å². The van der Waals surface area contributed by atoms with E-state index in [1.54, 1.807) is 38.7 Å². The Bertz CT molecular complexity index is 910. The molecule has 8 heteroatoms. The minimum atomic E-state index is -0.665. The molecule has 36 heavy (non-hydrogen) atoms. The number of carbonyl (C=O) groups is 3. The van der Waals surface area contributed by atoms with Gasteiger partial charge in [0.25, 0.3) is 0 Å². The number of alkyl carbamates (subject to hydrolysis) is 1. The molecule has 0 spiro atoms. The smallest absolute Gasteiger partial charge is 0.410 e. The Labute approximate surface area is 216 Å². The van der Waals surface area contributed by atoms with Crippen LogP contribution < -0.4 is 5.32 Å². The van der Waals surface area contributed by atoms with Crippen LogP contribution >= 0.6 is 0 Å². The van der Waals surface area contributed by atoms with Gasteiger partial charge in [-0.2, -0.15) is 0 Å². The van der Waals surface area contributed by atoms with Crippen molar-refractivity contribution >= 4 is 18.2 Å². The number of methoxy groups -OCH3 is 1. The monoisotopic (exact) mass is 504 g/mol. The van der Waals surface area contributed by atoms with E-state index < -0.39 is 40.8 Å². The van der Waals surface area contributed by atoms with Crippen molar-refractivity contribution in [3.63, 3.8) is 0 Å². The van der Waals surface area contributed by atoms with Gasteiger partial charge in [-0.3, -0.25) is 0 Å². The third kappa shape index (κ3) is 12.1. The molecule has 8 nitrogen and oxygen atoms in total. The average molecular weight is 505 g/mol. The number of hydrogen-bond acceptors (Lipinski definition) is 6. The maximum atomic E-state index is 13.0. The fourth-order valence-electron chi connectivity index (χ4n) is 3.32. The summed E-state index contributed by atoms with van der Waals surface area (Å²) in [5, 5.41) is 2.70. The van der Waals surface area contributed by atoms with Crippen molar-refractivity contribution in [3.8, 4) is 0 Å². The molecule has 1 rings (SSSR count). The minimum absolute atomic E-state index is 0.306. The summed E-state index contributed by atoms with van der Waals surface area (Å²) in [6.07, 6.45) is 1.30. The zero-order valence-corrected chi connectivity index (χ0v) is 23.6. The fourth-order valence-corrected chi connectivity index (χ4v) is 3.32. The van der Waals surface area contributed by atoms with Gasteiger partial charge in [-0.1, -0.05) is 50.3 Å². The molecule has 0 radical (unpaired) electrons. The van der Waals surface area contributed by atoms with Gasteiger partial charge >= 0.3 is 18.2 Å². The lowest BCUT2D eigenvalue weighted by Crippen LogP contribution is -2.41. The van der Waals surface area contributed by atoms with E-state index in [2.05, 4.69) is 5.32 Å². The Morgan fingerprint density at radius 3 is 2.00 bits per heavy atom. The molecule has 2 amide bonds. The minimum Gasteiger partial charge on any atom is -0.466 e. The fraction of sp³-hybridized carbons (Fsp3) is 0.607. The van der Waals surface area contributed by atoms with Crippen LogP contribution in [0, 0.1) is 5.41 Å². The molecular weight excluding hydrogens is 460 g/mol. The third-order valence-electron chi connectivity index (χ3n) is 5.06. The van der Waals surface area contributed by atoms with E-state index in [-0.39, 0.29) is 0 Å². The molecule has 0 heterocycles. The second-order valence-corrected chi connectivity index (χ2v) is 11.6. The van der Waals surface area contributed by atoms with Crippen molar-refractivity contribution in [1.82, 2.24) is 10.2 Å². The highest BCUT2D eigenvalue weighted by molar-refractivity contribution is 5.90. The highest BCUT2D eigenvalue weighted by Gasteiger charge is 2.28. The van der Waals surface area contributed by atoms with Crippen molar-refractivity contribution in [2.75, 3.05) is 13.7 Å². The van der Waals surface area contributed by atoms with Crippen molar-refractivity contribution < 1.29 is 28.6 Å². The first-order valence-corrected chi connectivity index (χ1v) is 12.2. The Kier molecular flexibility index (Phi) is 11.0. The lowest BCUT2D eigenvalue weighted by Gasteiger charge is -2.31. The first-order valence-electron chi connectivity index (χ1n) is 12.2. The Morgan fingerprint density at radius 2 is 1.50 bits per heavy atom. The van der Waals surface area contributed by atoms with E-state index >= 15 is 0 Å². The molecule has 202 valence electrons. The van der Waals surface area contributed by atoms with Gasteiger partial charge in [0, 0.05) is 13.1 Å². The van der Waals surface area contributed by atoms with Gasteiger partial charge in [0.1, 0.15) is 11.2 Å².